The monoisotopic (exact) mass is 356 g/mol. The fourth-order valence-electron chi connectivity index (χ4n) is 3.71. The fraction of sp³-hybridized carbons (Fsp3) is 0.524. The summed E-state index contributed by atoms with van der Waals surface area (Å²) in [6, 6.07) is 7.84. The lowest BCUT2D eigenvalue weighted by Gasteiger charge is -2.33. The van der Waals surface area contributed by atoms with E-state index in [1.807, 2.05) is 43.0 Å². The molecule has 1 heterocycles. The van der Waals surface area contributed by atoms with E-state index in [0.717, 1.165) is 36.4 Å². The number of aryl methyl sites for hydroxylation is 2. The largest absolute Gasteiger partial charge is 0.489 e. The van der Waals surface area contributed by atoms with Gasteiger partial charge in [0.1, 0.15) is 18.1 Å². The number of carbonyl (C=O) groups is 1. The van der Waals surface area contributed by atoms with E-state index in [1.165, 1.54) is 19.3 Å². The first-order chi connectivity index (χ1) is 12.6. The van der Waals surface area contributed by atoms with Crippen LogP contribution in [0, 0.1) is 13.8 Å². The van der Waals surface area contributed by atoms with Crippen molar-refractivity contribution >= 4 is 5.91 Å². The summed E-state index contributed by atoms with van der Waals surface area (Å²) in [6.07, 6.45) is 5.95. The molecule has 0 bridgehead atoms. The van der Waals surface area contributed by atoms with Crippen LogP contribution in [0.3, 0.4) is 0 Å². The van der Waals surface area contributed by atoms with Crippen LogP contribution in [-0.2, 0) is 6.61 Å². The van der Waals surface area contributed by atoms with Crippen molar-refractivity contribution < 1.29 is 14.1 Å². The van der Waals surface area contributed by atoms with Crippen molar-refractivity contribution in [2.24, 2.45) is 0 Å². The predicted molar refractivity (Wildman–Crippen MR) is 100 cm³/mol. The van der Waals surface area contributed by atoms with Gasteiger partial charge in [-0.25, -0.2) is 0 Å². The molecule has 0 aliphatic heterocycles. The number of carbonyl (C=O) groups excluding carboxylic acids is 1. The van der Waals surface area contributed by atoms with E-state index in [4.69, 9.17) is 9.26 Å². The standard InChI is InChI=1S/C21H28N2O3/c1-4-23(18-10-6-5-7-11-18)21(24)17-9-8-12-19(13-17)25-14-20-15(2)22-26-16(20)3/h8-9,12-13,18H,4-7,10-11,14H2,1-3H3. The molecule has 0 saturated heterocycles. The Bertz CT molecular complexity index is 728. The van der Waals surface area contributed by atoms with Gasteiger partial charge in [-0.15, -0.1) is 0 Å². The van der Waals surface area contributed by atoms with Crippen LogP contribution in [0.4, 0.5) is 0 Å². The molecule has 1 amide bonds. The van der Waals surface area contributed by atoms with Crippen molar-refractivity contribution in [3.05, 3.63) is 46.8 Å². The lowest BCUT2D eigenvalue weighted by molar-refractivity contribution is 0.0647. The van der Waals surface area contributed by atoms with Crippen molar-refractivity contribution in [3.63, 3.8) is 0 Å². The third-order valence-electron chi connectivity index (χ3n) is 5.26. The van der Waals surface area contributed by atoms with Crippen LogP contribution >= 0.6 is 0 Å². The second kappa shape index (κ2) is 8.39. The van der Waals surface area contributed by atoms with Gasteiger partial charge in [-0.2, -0.15) is 0 Å². The molecule has 140 valence electrons. The number of ether oxygens (including phenoxy) is 1. The minimum atomic E-state index is 0.0992. The third-order valence-corrected chi connectivity index (χ3v) is 5.26. The number of nitrogens with zero attached hydrogens (tertiary/aromatic N) is 2. The normalized spacial score (nSPS) is 15.0. The average molecular weight is 356 g/mol. The predicted octanol–water partition coefficient (Wildman–Crippen LogP) is 4.67. The maximum atomic E-state index is 13.0. The summed E-state index contributed by atoms with van der Waals surface area (Å²) >= 11 is 0. The molecule has 26 heavy (non-hydrogen) atoms. The molecule has 1 fully saturated rings. The highest BCUT2D eigenvalue weighted by Gasteiger charge is 2.25. The number of hydrogen-bond donors (Lipinski definition) is 0. The van der Waals surface area contributed by atoms with Gasteiger partial charge in [-0.1, -0.05) is 30.5 Å². The summed E-state index contributed by atoms with van der Waals surface area (Å²) in [5.41, 5.74) is 2.48. The lowest BCUT2D eigenvalue weighted by atomic mass is 9.93. The van der Waals surface area contributed by atoms with Gasteiger partial charge in [0.2, 0.25) is 0 Å². The van der Waals surface area contributed by atoms with E-state index in [-0.39, 0.29) is 5.91 Å². The molecule has 0 N–H and O–H groups in total. The van der Waals surface area contributed by atoms with E-state index < -0.39 is 0 Å². The molecule has 1 saturated carbocycles. The van der Waals surface area contributed by atoms with E-state index in [9.17, 15) is 4.79 Å². The molecule has 0 atom stereocenters. The Labute approximate surface area is 155 Å². The molecule has 0 unspecified atom stereocenters. The maximum Gasteiger partial charge on any atom is 0.254 e. The SMILES string of the molecule is CCN(C(=O)c1cccc(OCc2c(C)noc2C)c1)C1CCCCC1. The first kappa shape index (κ1) is 18.5. The van der Waals surface area contributed by atoms with Crippen molar-refractivity contribution in [2.75, 3.05) is 6.54 Å². The van der Waals surface area contributed by atoms with Gasteiger partial charge >= 0.3 is 0 Å². The van der Waals surface area contributed by atoms with Crippen molar-refractivity contribution in [1.82, 2.24) is 10.1 Å². The van der Waals surface area contributed by atoms with Gasteiger partial charge in [0.25, 0.3) is 5.91 Å². The third kappa shape index (κ3) is 4.09. The lowest BCUT2D eigenvalue weighted by Crippen LogP contribution is -2.41. The Morgan fingerprint density at radius 2 is 2.04 bits per heavy atom. The maximum absolute atomic E-state index is 13.0. The number of amides is 1. The quantitative estimate of drug-likeness (QED) is 0.755. The minimum absolute atomic E-state index is 0.0992. The van der Waals surface area contributed by atoms with Crippen LogP contribution < -0.4 is 4.74 Å². The summed E-state index contributed by atoms with van der Waals surface area (Å²) < 4.78 is 11.1. The van der Waals surface area contributed by atoms with Crippen LogP contribution in [0.25, 0.3) is 0 Å². The molecule has 1 aromatic heterocycles. The Morgan fingerprint density at radius 3 is 2.69 bits per heavy atom. The zero-order chi connectivity index (χ0) is 18.5. The number of benzene rings is 1. The molecule has 2 aromatic rings. The molecule has 5 heteroatoms. The molecular formula is C21H28N2O3. The van der Waals surface area contributed by atoms with Crippen LogP contribution in [0.2, 0.25) is 0 Å². The van der Waals surface area contributed by atoms with Crippen molar-refractivity contribution in [2.45, 2.75) is 65.5 Å². The van der Waals surface area contributed by atoms with Crippen LogP contribution in [0.1, 0.15) is 66.4 Å². The highest BCUT2D eigenvalue weighted by atomic mass is 16.5. The summed E-state index contributed by atoms with van der Waals surface area (Å²) in [7, 11) is 0. The van der Waals surface area contributed by atoms with Crippen LogP contribution in [-0.4, -0.2) is 28.6 Å². The molecule has 1 aliphatic carbocycles. The Kier molecular flexibility index (Phi) is 5.96. The molecule has 1 aromatic carbocycles. The second-order valence-electron chi connectivity index (χ2n) is 7.00. The van der Waals surface area contributed by atoms with Crippen molar-refractivity contribution in [1.29, 1.82) is 0 Å². The molecule has 3 rings (SSSR count). The van der Waals surface area contributed by atoms with Gasteiger partial charge < -0.3 is 14.2 Å². The first-order valence-corrected chi connectivity index (χ1v) is 9.55. The van der Waals surface area contributed by atoms with Gasteiger partial charge in [0, 0.05) is 18.2 Å². The fourth-order valence-corrected chi connectivity index (χ4v) is 3.71. The molecular weight excluding hydrogens is 328 g/mol. The van der Waals surface area contributed by atoms with E-state index in [0.29, 0.717) is 24.0 Å². The van der Waals surface area contributed by atoms with Gasteiger partial charge in [-0.3, -0.25) is 4.79 Å². The summed E-state index contributed by atoms with van der Waals surface area (Å²) in [5.74, 6) is 1.56. The molecule has 1 aliphatic rings. The van der Waals surface area contributed by atoms with Gasteiger partial charge in [0.05, 0.1) is 11.3 Å². The van der Waals surface area contributed by atoms with Crippen LogP contribution in [0.5, 0.6) is 5.75 Å². The van der Waals surface area contributed by atoms with E-state index >= 15 is 0 Å². The Morgan fingerprint density at radius 1 is 1.27 bits per heavy atom. The second-order valence-corrected chi connectivity index (χ2v) is 7.00. The molecule has 0 spiro atoms. The van der Waals surface area contributed by atoms with Gasteiger partial charge in [0.15, 0.2) is 0 Å². The van der Waals surface area contributed by atoms with E-state index in [2.05, 4.69) is 12.1 Å². The van der Waals surface area contributed by atoms with Gasteiger partial charge in [-0.05, 0) is 51.8 Å². The smallest absolute Gasteiger partial charge is 0.254 e. The zero-order valence-electron chi connectivity index (χ0n) is 16.0. The minimum Gasteiger partial charge on any atom is -0.489 e. The Balaban J connectivity index is 1.70. The van der Waals surface area contributed by atoms with Crippen molar-refractivity contribution in [3.8, 4) is 5.75 Å². The van der Waals surface area contributed by atoms with Crippen LogP contribution in [0.15, 0.2) is 28.8 Å². The first-order valence-electron chi connectivity index (χ1n) is 9.55. The number of rotatable bonds is 6. The summed E-state index contributed by atoms with van der Waals surface area (Å²) in [5, 5.41) is 3.94. The topological polar surface area (TPSA) is 55.6 Å². The average Bonchev–Trinajstić information content (AvgIpc) is 2.99. The summed E-state index contributed by atoms with van der Waals surface area (Å²) in [4.78, 5) is 15.0. The highest BCUT2D eigenvalue weighted by molar-refractivity contribution is 5.94. The Hall–Kier alpha value is -2.30. The number of aromatic nitrogens is 1. The molecule has 5 nitrogen and oxygen atoms in total. The zero-order valence-corrected chi connectivity index (χ0v) is 16.0. The highest BCUT2D eigenvalue weighted by Crippen LogP contribution is 2.25. The number of hydrogen-bond acceptors (Lipinski definition) is 4. The summed E-state index contributed by atoms with van der Waals surface area (Å²) in [6.45, 7) is 6.97. The molecule has 0 radical (unpaired) electrons. The van der Waals surface area contributed by atoms with E-state index in [1.54, 1.807) is 0 Å².